The number of aromatic nitrogens is 2. The Balaban J connectivity index is 2.34. The molecule has 0 bridgehead atoms. The Bertz CT molecular complexity index is 569. The Kier molecular flexibility index (Phi) is 3.09. The van der Waals surface area contributed by atoms with Gasteiger partial charge in [0.15, 0.2) is 0 Å². The van der Waals surface area contributed by atoms with Crippen LogP contribution in [0.25, 0.3) is 5.69 Å². The van der Waals surface area contributed by atoms with Gasteiger partial charge in [0.1, 0.15) is 6.54 Å². The third-order valence-corrected chi connectivity index (χ3v) is 2.47. The fourth-order valence-corrected chi connectivity index (χ4v) is 1.55. The Morgan fingerprint density at radius 3 is 2.59 bits per heavy atom. The van der Waals surface area contributed by atoms with E-state index in [1.165, 1.54) is 9.13 Å². The van der Waals surface area contributed by atoms with Crippen LogP contribution in [-0.2, 0) is 11.3 Å². The predicted octanol–water partition coefficient (Wildman–Crippen LogP) is 0.385. The molecule has 0 saturated heterocycles. The Hall–Kier alpha value is -2.30. The van der Waals surface area contributed by atoms with Crippen LogP contribution >= 0.6 is 0 Å². The van der Waals surface area contributed by atoms with Crippen LogP contribution in [-0.4, -0.2) is 22.1 Å². The molecule has 5 nitrogen and oxygen atoms in total. The molecule has 0 aliphatic heterocycles. The summed E-state index contributed by atoms with van der Waals surface area (Å²) in [6, 6.07) is 9.28. The molecule has 1 aromatic carbocycles. The van der Waals surface area contributed by atoms with Gasteiger partial charge in [0.05, 0.1) is 5.69 Å². The summed E-state index contributed by atoms with van der Waals surface area (Å²) >= 11 is 0. The summed E-state index contributed by atoms with van der Waals surface area (Å²) in [5.41, 5.74) is 0.563. The standard InChI is InChI=1S/C12H13N3O2/c1-13-11(16)9-14-7-8-15(12(14)17)10-5-3-2-4-6-10/h2-8H,9H2,1H3,(H,13,16). The van der Waals surface area contributed by atoms with E-state index in [2.05, 4.69) is 5.32 Å². The van der Waals surface area contributed by atoms with E-state index >= 15 is 0 Å². The number of hydrogen-bond donors (Lipinski definition) is 1. The second-order valence-corrected chi connectivity index (χ2v) is 3.59. The molecule has 0 aliphatic carbocycles. The SMILES string of the molecule is CNC(=O)Cn1ccn(-c2ccccc2)c1=O. The maximum atomic E-state index is 12.0. The summed E-state index contributed by atoms with van der Waals surface area (Å²) in [5.74, 6) is -0.196. The second kappa shape index (κ2) is 4.69. The molecule has 0 saturated carbocycles. The van der Waals surface area contributed by atoms with Crippen molar-refractivity contribution < 1.29 is 4.79 Å². The van der Waals surface area contributed by atoms with Gasteiger partial charge in [-0.2, -0.15) is 0 Å². The molecular weight excluding hydrogens is 218 g/mol. The Morgan fingerprint density at radius 2 is 1.94 bits per heavy atom. The minimum absolute atomic E-state index is 0.0369. The third kappa shape index (κ3) is 2.28. The van der Waals surface area contributed by atoms with E-state index in [1.54, 1.807) is 19.4 Å². The lowest BCUT2D eigenvalue weighted by molar-refractivity contribution is -0.121. The highest BCUT2D eigenvalue weighted by molar-refractivity contribution is 5.75. The summed E-state index contributed by atoms with van der Waals surface area (Å²) in [7, 11) is 1.54. The van der Waals surface area contributed by atoms with Crippen molar-refractivity contribution in [2.45, 2.75) is 6.54 Å². The van der Waals surface area contributed by atoms with Gasteiger partial charge in [-0.3, -0.25) is 13.9 Å². The average Bonchev–Trinajstić information content (AvgIpc) is 2.72. The van der Waals surface area contributed by atoms with Crippen LogP contribution in [0.5, 0.6) is 0 Å². The molecule has 0 radical (unpaired) electrons. The largest absolute Gasteiger partial charge is 0.358 e. The molecule has 0 aliphatic rings. The molecule has 17 heavy (non-hydrogen) atoms. The Labute approximate surface area is 98.3 Å². The van der Waals surface area contributed by atoms with E-state index in [1.807, 2.05) is 30.3 Å². The summed E-state index contributed by atoms with van der Waals surface area (Å²) in [5, 5.41) is 2.48. The molecule has 2 aromatic rings. The minimum Gasteiger partial charge on any atom is -0.358 e. The molecule has 0 spiro atoms. The van der Waals surface area contributed by atoms with Gasteiger partial charge < -0.3 is 5.32 Å². The van der Waals surface area contributed by atoms with Crippen molar-refractivity contribution in [1.29, 1.82) is 0 Å². The third-order valence-electron chi connectivity index (χ3n) is 2.47. The zero-order valence-corrected chi connectivity index (χ0v) is 9.46. The van der Waals surface area contributed by atoms with Crippen LogP contribution in [0.2, 0.25) is 0 Å². The summed E-state index contributed by atoms with van der Waals surface area (Å²) in [6.07, 6.45) is 3.26. The number of amides is 1. The molecule has 2 rings (SSSR count). The van der Waals surface area contributed by atoms with Crippen LogP contribution in [0.3, 0.4) is 0 Å². The van der Waals surface area contributed by atoms with Crippen LogP contribution in [0.4, 0.5) is 0 Å². The van der Waals surface area contributed by atoms with Crippen molar-refractivity contribution in [2.75, 3.05) is 7.05 Å². The van der Waals surface area contributed by atoms with Gasteiger partial charge in [0.25, 0.3) is 0 Å². The number of para-hydroxylation sites is 1. The number of hydrogen-bond acceptors (Lipinski definition) is 2. The topological polar surface area (TPSA) is 56.0 Å². The fraction of sp³-hybridized carbons (Fsp3) is 0.167. The first-order valence-corrected chi connectivity index (χ1v) is 5.26. The lowest BCUT2D eigenvalue weighted by Gasteiger charge is -2.01. The lowest BCUT2D eigenvalue weighted by Crippen LogP contribution is -2.30. The number of nitrogens with one attached hydrogen (secondary N) is 1. The molecule has 88 valence electrons. The first-order valence-electron chi connectivity index (χ1n) is 5.26. The normalized spacial score (nSPS) is 10.2. The zero-order valence-electron chi connectivity index (χ0n) is 9.46. The number of rotatable bonds is 3. The van der Waals surface area contributed by atoms with Gasteiger partial charge >= 0.3 is 5.69 Å². The predicted molar refractivity (Wildman–Crippen MR) is 64.1 cm³/mol. The van der Waals surface area contributed by atoms with Crippen molar-refractivity contribution in [3.63, 3.8) is 0 Å². The number of benzene rings is 1. The quantitative estimate of drug-likeness (QED) is 0.830. The first-order chi connectivity index (χ1) is 8.22. The van der Waals surface area contributed by atoms with Crippen LogP contribution in [0.15, 0.2) is 47.5 Å². The number of imidazole rings is 1. The minimum atomic E-state index is -0.222. The number of likely N-dealkylation sites (N-methyl/N-ethyl adjacent to an activating group) is 1. The van der Waals surface area contributed by atoms with Gasteiger partial charge in [-0.05, 0) is 12.1 Å². The van der Waals surface area contributed by atoms with E-state index in [4.69, 9.17) is 0 Å². The average molecular weight is 231 g/mol. The Morgan fingerprint density at radius 1 is 1.24 bits per heavy atom. The zero-order chi connectivity index (χ0) is 12.3. The fourth-order valence-electron chi connectivity index (χ4n) is 1.55. The maximum Gasteiger partial charge on any atom is 0.333 e. The van der Waals surface area contributed by atoms with Gasteiger partial charge in [0.2, 0.25) is 5.91 Å². The van der Waals surface area contributed by atoms with Crippen molar-refractivity contribution in [2.24, 2.45) is 0 Å². The van der Waals surface area contributed by atoms with E-state index < -0.39 is 0 Å². The van der Waals surface area contributed by atoms with Crippen LogP contribution in [0.1, 0.15) is 0 Å². The van der Waals surface area contributed by atoms with Gasteiger partial charge in [-0.15, -0.1) is 0 Å². The highest BCUT2D eigenvalue weighted by atomic mass is 16.2. The van der Waals surface area contributed by atoms with Gasteiger partial charge in [0, 0.05) is 19.4 Å². The van der Waals surface area contributed by atoms with Crippen molar-refractivity contribution in [3.8, 4) is 5.69 Å². The van der Waals surface area contributed by atoms with E-state index in [-0.39, 0.29) is 18.1 Å². The number of carbonyl (C=O) groups excluding carboxylic acids is 1. The molecule has 0 atom stereocenters. The molecule has 1 aromatic heterocycles. The highest BCUT2D eigenvalue weighted by Crippen LogP contribution is 2.03. The summed E-state index contributed by atoms with van der Waals surface area (Å²) < 4.78 is 2.87. The van der Waals surface area contributed by atoms with Crippen LogP contribution in [0, 0.1) is 0 Å². The maximum absolute atomic E-state index is 12.0. The molecular formula is C12H13N3O2. The number of nitrogens with zero attached hydrogens (tertiary/aromatic N) is 2. The molecule has 0 fully saturated rings. The van der Waals surface area contributed by atoms with E-state index in [0.717, 1.165) is 5.69 Å². The van der Waals surface area contributed by atoms with Gasteiger partial charge in [-0.1, -0.05) is 18.2 Å². The molecule has 1 N–H and O–H groups in total. The van der Waals surface area contributed by atoms with Crippen LogP contribution < -0.4 is 11.0 Å². The lowest BCUT2D eigenvalue weighted by atomic mass is 10.3. The smallest absolute Gasteiger partial charge is 0.333 e. The van der Waals surface area contributed by atoms with E-state index in [9.17, 15) is 9.59 Å². The first kappa shape index (κ1) is 11.2. The van der Waals surface area contributed by atoms with Crippen molar-refractivity contribution in [3.05, 3.63) is 53.2 Å². The second-order valence-electron chi connectivity index (χ2n) is 3.59. The highest BCUT2D eigenvalue weighted by Gasteiger charge is 2.07. The summed E-state index contributed by atoms with van der Waals surface area (Å²) in [4.78, 5) is 23.2. The summed E-state index contributed by atoms with van der Waals surface area (Å²) in [6.45, 7) is 0.0369. The van der Waals surface area contributed by atoms with Crippen molar-refractivity contribution >= 4 is 5.91 Å². The van der Waals surface area contributed by atoms with Crippen molar-refractivity contribution in [1.82, 2.24) is 14.5 Å². The monoisotopic (exact) mass is 231 g/mol. The molecule has 5 heteroatoms. The van der Waals surface area contributed by atoms with Gasteiger partial charge in [-0.25, -0.2) is 4.79 Å². The number of carbonyl (C=O) groups is 1. The molecule has 1 amide bonds. The molecule has 0 unspecified atom stereocenters. The van der Waals surface area contributed by atoms with E-state index in [0.29, 0.717) is 0 Å². The molecule has 1 heterocycles.